The fourth-order valence-electron chi connectivity index (χ4n) is 4.66. The lowest BCUT2D eigenvalue weighted by Crippen LogP contribution is -2.22. The van der Waals surface area contributed by atoms with Gasteiger partial charge in [-0.3, -0.25) is 19.7 Å². The lowest BCUT2D eigenvalue weighted by molar-refractivity contribution is -0.385. The van der Waals surface area contributed by atoms with E-state index in [0.29, 0.717) is 26.6 Å². The summed E-state index contributed by atoms with van der Waals surface area (Å²) in [5, 5.41) is 20.3. The molecule has 0 fully saturated rings. The van der Waals surface area contributed by atoms with Crippen LogP contribution in [0.5, 0.6) is 5.75 Å². The molecular formula is C32H21Br2N5O6. The maximum absolute atomic E-state index is 13.7. The summed E-state index contributed by atoms with van der Waals surface area (Å²) in [5.74, 6) is -0.318. The number of benzene rings is 4. The number of nitro benzene ring substituents is 1. The largest absolute Gasteiger partial charge is 0.476 e. The monoisotopic (exact) mass is 729 g/mol. The molecule has 0 spiro atoms. The first-order chi connectivity index (χ1) is 21.7. The molecule has 0 saturated carbocycles. The Morgan fingerprint density at radius 2 is 1.84 bits per heavy atom. The molecule has 13 heteroatoms. The van der Waals surface area contributed by atoms with Crippen molar-refractivity contribution in [3.8, 4) is 17.3 Å². The molecule has 0 radical (unpaired) electrons. The van der Waals surface area contributed by atoms with Gasteiger partial charge in [0.2, 0.25) is 11.6 Å². The van der Waals surface area contributed by atoms with Crippen LogP contribution in [0.15, 0.2) is 108 Å². The van der Waals surface area contributed by atoms with Crippen molar-refractivity contribution in [2.45, 2.75) is 6.92 Å². The van der Waals surface area contributed by atoms with Crippen LogP contribution in [0.25, 0.3) is 33.5 Å². The van der Waals surface area contributed by atoms with Crippen molar-refractivity contribution in [1.82, 2.24) is 9.66 Å². The number of furan rings is 1. The van der Waals surface area contributed by atoms with Gasteiger partial charge in [-0.25, -0.2) is 4.98 Å². The first-order valence-corrected chi connectivity index (χ1v) is 15.0. The van der Waals surface area contributed by atoms with Crippen molar-refractivity contribution >= 4 is 77.2 Å². The van der Waals surface area contributed by atoms with Gasteiger partial charge in [-0.05, 0) is 61.0 Å². The number of hydrogen-bond donors (Lipinski definition) is 1. The maximum atomic E-state index is 13.7. The third kappa shape index (κ3) is 6.26. The topological polar surface area (TPSA) is 142 Å². The minimum Gasteiger partial charge on any atom is -0.476 e. The number of amides is 1. The summed E-state index contributed by atoms with van der Waals surface area (Å²) in [4.78, 5) is 42.5. The van der Waals surface area contributed by atoms with Crippen molar-refractivity contribution in [2.75, 3.05) is 11.9 Å². The molecule has 4 aromatic carbocycles. The number of rotatable bonds is 8. The van der Waals surface area contributed by atoms with Crippen molar-refractivity contribution in [3.05, 3.63) is 125 Å². The summed E-state index contributed by atoms with van der Waals surface area (Å²) < 4.78 is 14.0. The Balaban J connectivity index is 1.42. The van der Waals surface area contributed by atoms with E-state index in [1.54, 1.807) is 48.5 Å². The highest BCUT2D eigenvalue weighted by molar-refractivity contribution is 9.10. The predicted octanol–water partition coefficient (Wildman–Crippen LogP) is 7.45. The van der Waals surface area contributed by atoms with Crippen LogP contribution in [0.1, 0.15) is 11.1 Å². The van der Waals surface area contributed by atoms with E-state index in [1.807, 2.05) is 31.2 Å². The minimum atomic E-state index is -0.627. The van der Waals surface area contributed by atoms with Gasteiger partial charge in [-0.1, -0.05) is 62.2 Å². The van der Waals surface area contributed by atoms with Crippen LogP contribution in [0, 0.1) is 17.0 Å². The number of carbonyl (C=O) groups is 1. The Morgan fingerprint density at radius 3 is 2.64 bits per heavy atom. The van der Waals surface area contributed by atoms with Crippen molar-refractivity contribution in [3.63, 3.8) is 0 Å². The highest BCUT2D eigenvalue weighted by Gasteiger charge is 2.22. The second-order valence-corrected chi connectivity index (χ2v) is 11.7. The second-order valence-electron chi connectivity index (χ2n) is 9.86. The molecule has 0 unspecified atom stereocenters. The molecule has 0 bridgehead atoms. The van der Waals surface area contributed by atoms with Crippen LogP contribution >= 0.6 is 31.9 Å². The van der Waals surface area contributed by atoms with Gasteiger partial charge in [-0.2, -0.15) is 9.78 Å². The second kappa shape index (κ2) is 12.5. The molecular weight excluding hydrogens is 710 g/mol. The third-order valence-electron chi connectivity index (χ3n) is 6.79. The van der Waals surface area contributed by atoms with Gasteiger partial charge in [0.15, 0.2) is 12.4 Å². The number of anilines is 1. The molecule has 0 aliphatic rings. The smallest absolute Gasteiger partial charge is 0.312 e. The first-order valence-electron chi connectivity index (χ1n) is 13.4. The molecule has 6 rings (SSSR count). The first kappa shape index (κ1) is 29.9. The number of aryl methyl sites for hydroxylation is 1. The molecule has 45 heavy (non-hydrogen) atoms. The predicted molar refractivity (Wildman–Crippen MR) is 178 cm³/mol. The number of nitro groups is 1. The van der Waals surface area contributed by atoms with Crippen LogP contribution in [-0.2, 0) is 4.79 Å². The van der Waals surface area contributed by atoms with Crippen molar-refractivity contribution < 1.29 is 18.9 Å². The van der Waals surface area contributed by atoms with Gasteiger partial charge < -0.3 is 14.5 Å². The van der Waals surface area contributed by atoms with E-state index in [9.17, 15) is 19.7 Å². The Kier molecular flexibility index (Phi) is 8.28. The number of para-hydroxylation sites is 2. The SMILES string of the molecule is Cc1ccccc1NC(=O)COc1c(C=Nn2c(-c3cc4cc(Br)ccc4o3)nc3ccccc3c2=O)cc(Br)cc1[N+](=O)[O-]. The zero-order valence-electron chi connectivity index (χ0n) is 23.4. The third-order valence-corrected chi connectivity index (χ3v) is 7.74. The molecule has 11 nitrogen and oxygen atoms in total. The van der Waals surface area contributed by atoms with Gasteiger partial charge in [0.1, 0.15) is 5.58 Å². The molecule has 2 heterocycles. The number of aromatic nitrogens is 2. The average Bonchev–Trinajstić information content (AvgIpc) is 3.44. The van der Waals surface area contributed by atoms with Crippen LogP contribution in [0.4, 0.5) is 11.4 Å². The van der Waals surface area contributed by atoms with Gasteiger partial charge in [0.05, 0.1) is 22.0 Å². The van der Waals surface area contributed by atoms with Crippen LogP contribution in [0.3, 0.4) is 0 Å². The molecule has 6 aromatic rings. The fourth-order valence-corrected chi connectivity index (χ4v) is 5.50. The Bertz CT molecular complexity index is 2230. The molecule has 1 amide bonds. The Labute approximate surface area is 271 Å². The highest BCUT2D eigenvalue weighted by Crippen LogP contribution is 2.34. The Hall–Kier alpha value is -5.14. The summed E-state index contributed by atoms with van der Waals surface area (Å²) in [6, 6.07) is 24.0. The van der Waals surface area contributed by atoms with E-state index in [1.165, 1.54) is 18.3 Å². The molecule has 0 atom stereocenters. The molecule has 0 aliphatic heterocycles. The van der Waals surface area contributed by atoms with Crippen LogP contribution in [0.2, 0.25) is 0 Å². The normalized spacial score (nSPS) is 11.4. The molecule has 2 aromatic heterocycles. The lowest BCUT2D eigenvalue weighted by atomic mass is 10.2. The van der Waals surface area contributed by atoms with Crippen molar-refractivity contribution in [1.29, 1.82) is 0 Å². The van der Waals surface area contributed by atoms with E-state index >= 15 is 0 Å². The molecule has 0 saturated heterocycles. The van der Waals surface area contributed by atoms with E-state index in [4.69, 9.17) is 9.15 Å². The fraction of sp³-hybridized carbons (Fsp3) is 0.0625. The standard InChI is InChI=1S/C32H21Br2N5O6/c1-18-6-2-4-8-24(18)36-29(40)17-44-30-20(13-22(34)15-26(30)39(42)43)16-35-38-31(37-25-9-5-3-7-23(25)32(38)41)28-14-19-12-21(33)10-11-27(19)45-28/h2-16H,17H2,1H3,(H,36,40). The van der Waals surface area contributed by atoms with Gasteiger partial charge in [0.25, 0.3) is 11.5 Å². The number of ether oxygens (including phenoxy) is 1. The van der Waals surface area contributed by atoms with E-state index in [-0.39, 0.29) is 22.9 Å². The van der Waals surface area contributed by atoms with Crippen LogP contribution in [-0.4, -0.2) is 33.3 Å². The van der Waals surface area contributed by atoms with Crippen molar-refractivity contribution in [2.24, 2.45) is 5.10 Å². The summed E-state index contributed by atoms with van der Waals surface area (Å²) >= 11 is 6.75. The van der Waals surface area contributed by atoms with Gasteiger partial charge in [0, 0.05) is 31.6 Å². The number of halogens is 2. The van der Waals surface area contributed by atoms with E-state index < -0.39 is 28.7 Å². The summed E-state index contributed by atoms with van der Waals surface area (Å²) in [6.07, 6.45) is 1.24. The lowest BCUT2D eigenvalue weighted by Gasteiger charge is -2.12. The number of nitrogens with zero attached hydrogens (tertiary/aromatic N) is 4. The highest BCUT2D eigenvalue weighted by atomic mass is 79.9. The van der Waals surface area contributed by atoms with Gasteiger partial charge in [-0.15, -0.1) is 0 Å². The van der Waals surface area contributed by atoms with E-state index in [2.05, 4.69) is 47.3 Å². The number of fused-ring (bicyclic) bond motifs is 2. The van der Waals surface area contributed by atoms with Gasteiger partial charge >= 0.3 is 5.69 Å². The summed E-state index contributed by atoms with van der Waals surface area (Å²) in [5.41, 5.74) is 1.70. The summed E-state index contributed by atoms with van der Waals surface area (Å²) in [6.45, 7) is 1.32. The maximum Gasteiger partial charge on any atom is 0.312 e. The summed E-state index contributed by atoms with van der Waals surface area (Å²) in [7, 11) is 0. The number of nitrogens with one attached hydrogen (secondary N) is 1. The number of hydrogen-bond acceptors (Lipinski definition) is 8. The quantitative estimate of drug-likeness (QED) is 0.0974. The molecule has 0 aliphatic carbocycles. The molecule has 224 valence electrons. The zero-order valence-corrected chi connectivity index (χ0v) is 26.5. The Morgan fingerprint density at radius 1 is 1.07 bits per heavy atom. The zero-order chi connectivity index (χ0) is 31.7. The minimum absolute atomic E-state index is 0.117. The average molecular weight is 731 g/mol. The molecule has 1 N–H and O–H groups in total. The van der Waals surface area contributed by atoms with E-state index in [0.717, 1.165) is 20.1 Å². The number of carbonyl (C=O) groups excluding carboxylic acids is 1. The van der Waals surface area contributed by atoms with Crippen LogP contribution < -0.4 is 15.6 Å².